The first kappa shape index (κ1) is 16.0. The Morgan fingerprint density at radius 3 is 2.06 bits per heavy atom. The van der Waals surface area contributed by atoms with E-state index >= 15 is 0 Å². The van der Waals surface area contributed by atoms with Crippen molar-refractivity contribution in [3.63, 3.8) is 0 Å². The summed E-state index contributed by atoms with van der Waals surface area (Å²) in [5, 5.41) is 13.4. The van der Waals surface area contributed by atoms with E-state index in [9.17, 15) is 5.11 Å². The minimum absolute atomic E-state index is 0.355. The lowest BCUT2D eigenvalue weighted by Gasteiger charge is -2.35. The molecule has 2 N–H and O–H groups in total. The molecule has 0 radical (unpaired) electrons. The third-order valence-electron chi connectivity index (χ3n) is 4.11. The van der Waals surface area contributed by atoms with Gasteiger partial charge in [0.05, 0.1) is 0 Å². The van der Waals surface area contributed by atoms with E-state index in [0.29, 0.717) is 24.6 Å². The smallest absolute Gasteiger partial charge is 0.0474 e. The van der Waals surface area contributed by atoms with Crippen LogP contribution >= 0.6 is 0 Å². The van der Waals surface area contributed by atoms with Crippen LogP contribution in [0.1, 0.15) is 66.2 Å². The van der Waals surface area contributed by atoms with E-state index in [1.54, 1.807) is 0 Å². The van der Waals surface area contributed by atoms with Crippen LogP contribution in [0.25, 0.3) is 0 Å². The zero-order valence-corrected chi connectivity index (χ0v) is 12.8. The number of hydrogen-bond donors (Lipinski definition) is 2. The maximum Gasteiger partial charge on any atom is 0.0474 e. The topological polar surface area (TPSA) is 32.3 Å². The Morgan fingerprint density at radius 2 is 1.56 bits per heavy atom. The molecule has 0 heterocycles. The predicted molar refractivity (Wildman–Crippen MR) is 78.7 cm³/mol. The highest BCUT2D eigenvalue weighted by molar-refractivity contribution is 4.84. The maximum atomic E-state index is 9.50. The molecule has 1 fully saturated rings. The molecule has 2 heteroatoms. The molecule has 1 aliphatic rings. The molecule has 2 atom stereocenters. The van der Waals surface area contributed by atoms with Crippen LogP contribution in [0, 0.1) is 17.8 Å². The van der Waals surface area contributed by atoms with Crippen molar-refractivity contribution in [1.29, 1.82) is 0 Å². The minimum Gasteiger partial charge on any atom is -0.396 e. The summed E-state index contributed by atoms with van der Waals surface area (Å²) < 4.78 is 0. The van der Waals surface area contributed by atoms with Crippen molar-refractivity contribution in [1.82, 2.24) is 5.32 Å². The van der Waals surface area contributed by atoms with Crippen LogP contribution in [0.5, 0.6) is 0 Å². The minimum atomic E-state index is 0.355. The second kappa shape index (κ2) is 8.16. The summed E-state index contributed by atoms with van der Waals surface area (Å²) in [5.41, 5.74) is 0. The molecule has 0 aliphatic heterocycles. The molecule has 1 saturated carbocycles. The third-order valence-corrected chi connectivity index (χ3v) is 4.11. The molecule has 0 amide bonds. The van der Waals surface area contributed by atoms with Crippen molar-refractivity contribution in [2.24, 2.45) is 17.8 Å². The van der Waals surface area contributed by atoms with Gasteiger partial charge in [-0.25, -0.2) is 0 Å². The fraction of sp³-hybridized carbons (Fsp3) is 1.00. The Kier molecular flexibility index (Phi) is 7.25. The first-order valence-electron chi connectivity index (χ1n) is 7.89. The molecular formula is C16H33NO. The van der Waals surface area contributed by atoms with Crippen LogP contribution in [0.4, 0.5) is 0 Å². The second-order valence-electron chi connectivity index (χ2n) is 6.96. The van der Waals surface area contributed by atoms with E-state index < -0.39 is 0 Å². The van der Waals surface area contributed by atoms with Gasteiger partial charge in [-0.15, -0.1) is 0 Å². The number of hydrogen-bond acceptors (Lipinski definition) is 2. The lowest BCUT2D eigenvalue weighted by atomic mass is 9.83. The summed E-state index contributed by atoms with van der Waals surface area (Å²) in [6.45, 7) is 9.57. The highest BCUT2D eigenvalue weighted by atomic mass is 16.3. The Hall–Kier alpha value is -0.0800. The van der Waals surface area contributed by atoms with Gasteiger partial charge in [0.1, 0.15) is 0 Å². The van der Waals surface area contributed by atoms with E-state index in [0.717, 1.165) is 11.8 Å². The normalized spacial score (nSPS) is 25.3. The molecule has 0 bridgehead atoms. The highest BCUT2D eigenvalue weighted by Crippen LogP contribution is 2.26. The fourth-order valence-electron chi connectivity index (χ4n) is 3.32. The maximum absolute atomic E-state index is 9.50. The summed E-state index contributed by atoms with van der Waals surface area (Å²) in [7, 11) is 0. The lowest BCUT2D eigenvalue weighted by Crippen LogP contribution is -2.46. The molecule has 108 valence electrons. The Labute approximate surface area is 114 Å². The summed E-state index contributed by atoms with van der Waals surface area (Å²) in [4.78, 5) is 0. The number of rotatable bonds is 7. The van der Waals surface area contributed by atoms with Crippen LogP contribution < -0.4 is 5.32 Å². The third kappa shape index (κ3) is 5.71. The molecule has 2 unspecified atom stereocenters. The molecule has 0 aromatic heterocycles. The van der Waals surface area contributed by atoms with Crippen LogP contribution in [-0.2, 0) is 0 Å². The molecule has 1 rings (SSSR count). The van der Waals surface area contributed by atoms with Gasteiger partial charge < -0.3 is 10.4 Å². The molecule has 0 aromatic carbocycles. The molecule has 2 nitrogen and oxygen atoms in total. The van der Waals surface area contributed by atoms with Crippen molar-refractivity contribution in [3.8, 4) is 0 Å². The fourth-order valence-corrected chi connectivity index (χ4v) is 3.32. The molecule has 0 aromatic rings. The number of nitrogens with one attached hydrogen (secondary N) is 1. The zero-order valence-electron chi connectivity index (χ0n) is 12.8. The largest absolute Gasteiger partial charge is 0.396 e. The van der Waals surface area contributed by atoms with Gasteiger partial charge in [-0.1, -0.05) is 40.5 Å². The number of aliphatic hydroxyl groups excluding tert-OH is 1. The van der Waals surface area contributed by atoms with Crippen LogP contribution in [0.2, 0.25) is 0 Å². The zero-order chi connectivity index (χ0) is 13.5. The van der Waals surface area contributed by atoms with Gasteiger partial charge in [-0.3, -0.25) is 0 Å². The van der Waals surface area contributed by atoms with Gasteiger partial charge in [0.2, 0.25) is 0 Å². The molecule has 18 heavy (non-hydrogen) atoms. The van der Waals surface area contributed by atoms with E-state index in [1.807, 2.05) is 0 Å². The van der Waals surface area contributed by atoms with Gasteiger partial charge in [0.25, 0.3) is 0 Å². The van der Waals surface area contributed by atoms with Crippen molar-refractivity contribution in [2.45, 2.75) is 78.3 Å². The van der Waals surface area contributed by atoms with E-state index in [2.05, 4.69) is 33.0 Å². The van der Waals surface area contributed by atoms with Gasteiger partial charge in [-0.05, 0) is 43.4 Å². The quantitative estimate of drug-likeness (QED) is 0.728. The highest BCUT2D eigenvalue weighted by Gasteiger charge is 2.26. The van der Waals surface area contributed by atoms with E-state index in [1.165, 1.54) is 38.5 Å². The second-order valence-corrected chi connectivity index (χ2v) is 6.96. The average molecular weight is 255 g/mol. The van der Waals surface area contributed by atoms with Crippen molar-refractivity contribution in [3.05, 3.63) is 0 Å². The van der Waals surface area contributed by atoms with Crippen LogP contribution in [-0.4, -0.2) is 23.8 Å². The van der Waals surface area contributed by atoms with Crippen LogP contribution in [0.15, 0.2) is 0 Å². The van der Waals surface area contributed by atoms with Crippen molar-refractivity contribution < 1.29 is 5.11 Å². The molecule has 0 saturated heterocycles. The Morgan fingerprint density at radius 1 is 1.00 bits per heavy atom. The van der Waals surface area contributed by atoms with Crippen LogP contribution in [0.3, 0.4) is 0 Å². The summed E-state index contributed by atoms with van der Waals surface area (Å²) in [5.74, 6) is 1.98. The molecule has 1 aliphatic carbocycles. The van der Waals surface area contributed by atoms with E-state index in [-0.39, 0.29) is 0 Å². The van der Waals surface area contributed by atoms with Gasteiger partial charge in [0, 0.05) is 18.7 Å². The summed E-state index contributed by atoms with van der Waals surface area (Å²) in [6.07, 6.45) is 7.58. The van der Waals surface area contributed by atoms with Gasteiger partial charge >= 0.3 is 0 Å². The predicted octanol–water partition coefficient (Wildman–Crippen LogP) is 3.59. The Balaban J connectivity index is 2.51. The molecule has 0 spiro atoms. The molecular weight excluding hydrogens is 222 g/mol. The lowest BCUT2D eigenvalue weighted by molar-refractivity contribution is 0.140. The summed E-state index contributed by atoms with van der Waals surface area (Å²) >= 11 is 0. The number of aliphatic hydroxyl groups is 1. The van der Waals surface area contributed by atoms with Crippen molar-refractivity contribution in [2.75, 3.05) is 6.61 Å². The first-order chi connectivity index (χ1) is 8.52. The first-order valence-corrected chi connectivity index (χ1v) is 7.89. The van der Waals surface area contributed by atoms with Gasteiger partial charge in [-0.2, -0.15) is 0 Å². The monoisotopic (exact) mass is 255 g/mol. The summed E-state index contributed by atoms with van der Waals surface area (Å²) in [6, 6.07) is 1.17. The SMILES string of the molecule is CC(C)CC(CC(C)C)NC1CCCCC1CO. The Bertz CT molecular complexity index is 205. The average Bonchev–Trinajstić information content (AvgIpc) is 2.27. The van der Waals surface area contributed by atoms with Gasteiger partial charge in [0.15, 0.2) is 0 Å². The standard InChI is InChI=1S/C16H33NO/c1-12(2)9-15(10-13(3)4)17-16-8-6-5-7-14(16)11-18/h12-18H,5-11H2,1-4H3. The van der Waals surface area contributed by atoms with Crippen molar-refractivity contribution >= 4 is 0 Å². The van der Waals surface area contributed by atoms with E-state index in [4.69, 9.17) is 0 Å².